The Bertz CT molecular complexity index is 443. The standard InChI is InChI=1S/C16H25NO2S/c1-3-14-6-7-15(20-14)11-17-8-4-5-13(10-17)12(2)9-16(18)19/h6-7,12-13H,3-5,8-11H2,1-2H3,(H,18,19). The van der Waals surface area contributed by atoms with Crippen LogP contribution in [0.25, 0.3) is 0 Å². The van der Waals surface area contributed by atoms with E-state index in [2.05, 4.69) is 30.9 Å². The van der Waals surface area contributed by atoms with Crippen LogP contribution in [0.3, 0.4) is 0 Å². The van der Waals surface area contributed by atoms with Gasteiger partial charge in [0.05, 0.1) is 0 Å². The molecule has 1 aromatic heterocycles. The number of likely N-dealkylation sites (tertiary alicyclic amines) is 1. The second-order valence-electron chi connectivity index (χ2n) is 5.93. The quantitative estimate of drug-likeness (QED) is 0.871. The van der Waals surface area contributed by atoms with Gasteiger partial charge in [-0.25, -0.2) is 0 Å². The molecule has 4 heteroatoms. The number of hydrogen-bond donors (Lipinski definition) is 1. The normalized spacial score (nSPS) is 21.8. The molecule has 0 aliphatic carbocycles. The Hall–Kier alpha value is -0.870. The van der Waals surface area contributed by atoms with E-state index in [1.165, 1.54) is 22.6 Å². The van der Waals surface area contributed by atoms with Gasteiger partial charge in [-0.05, 0) is 49.8 Å². The number of nitrogens with zero attached hydrogens (tertiary/aromatic N) is 1. The highest BCUT2D eigenvalue weighted by Gasteiger charge is 2.26. The van der Waals surface area contributed by atoms with Crippen molar-refractivity contribution in [1.82, 2.24) is 4.90 Å². The van der Waals surface area contributed by atoms with Gasteiger partial charge in [-0.3, -0.25) is 9.69 Å². The van der Waals surface area contributed by atoms with Crippen LogP contribution in [0, 0.1) is 11.8 Å². The van der Waals surface area contributed by atoms with Crippen LogP contribution in [0.4, 0.5) is 0 Å². The zero-order valence-corrected chi connectivity index (χ0v) is 13.3. The first-order chi connectivity index (χ1) is 9.58. The third kappa shape index (κ3) is 4.32. The maximum atomic E-state index is 10.8. The van der Waals surface area contributed by atoms with E-state index < -0.39 is 5.97 Å². The molecule has 0 amide bonds. The van der Waals surface area contributed by atoms with E-state index in [1.54, 1.807) is 0 Å². The summed E-state index contributed by atoms with van der Waals surface area (Å²) in [6.07, 6.45) is 3.79. The van der Waals surface area contributed by atoms with Crippen molar-refractivity contribution in [3.8, 4) is 0 Å². The number of piperidine rings is 1. The van der Waals surface area contributed by atoms with Gasteiger partial charge in [-0.1, -0.05) is 13.8 Å². The van der Waals surface area contributed by atoms with E-state index in [-0.39, 0.29) is 5.92 Å². The molecule has 1 N–H and O–H groups in total. The van der Waals surface area contributed by atoms with Crippen molar-refractivity contribution in [3.05, 3.63) is 21.9 Å². The summed E-state index contributed by atoms with van der Waals surface area (Å²) in [7, 11) is 0. The fourth-order valence-electron chi connectivity index (χ4n) is 3.06. The Kier molecular flexibility index (Phi) is 5.61. The topological polar surface area (TPSA) is 40.5 Å². The molecule has 2 rings (SSSR count). The Morgan fingerprint density at radius 1 is 1.50 bits per heavy atom. The first kappa shape index (κ1) is 15.5. The second kappa shape index (κ2) is 7.23. The molecule has 2 atom stereocenters. The van der Waals surface area contributed by atoms with Crippen molar-refractivity contribution in [1.29, 1.82) is 0 Å². The Morgan fingerprint density at radius 2 is 2.25 bits per heavy atom. The van der Waals surface area contributed by atoms with Crippen molar-refractivity contribution < 1.29 is 9.90 Å². The van der Waals surface area contributed by atoms with Gasteiger partial charge in [0, 0.05) is 29.3 Å². The first-order valence-electron chi connectivity index (χ1n) is 7.60. The van der Waals surface area contributed by atoms with E-state index in [0.717, 1.165) is 26.1 Å². The number of thiophene rings is 1. The SMILES string of the molecule is CCc1ccc(CN2CCCC(C(C)CC(=O)O)C2)s1. The molecule has 20 heavy (non-hydrogen) atoms. The largest absolute Gasteiger partial charge is 0.481 e. The third-order valence-corrected chi connectivity index (χ3v) is 5.50. The molecular weight excluding hydrogens is 270 g/mol. The number of carboxylic acids is 1. The molecule has 1 aliphatic rings. The van der Waals surface area contributed by atoms with Crippen LogP contribution in [0.1, 0.15) is 42.9 Å². The van der Waals surface area contributed by atoms with Gasteiger partial charge in [0.15, 0.2) is 0 Å². The zero-order valence-electron chi connectivity index (χ0n) is 12.5. The minimum atomic E-state index is -0.666. The summed E-state index contributed by atoms with van der Waals surface area (Å²) < 4.78 is 0. The molecule has 1 aromatic rings. The smallest absolute Gasteiger partial charge is 0.303 e. The molecule has 2 unspecified atom stereocenters. The molecule has 1 saturated heterocycles. The summed E-state index contributed by atoms with van der Waals surface area (Å²) in [5, 5.41) is 8.93. The number of carboxylic acid groups (broad SMARTS) is 1. The lowest BCUT2D eigenvalue weighted by Gasteiger charge is -2.35. The van der Waals surface area contributed by atoms with E-state index in [1.807, 2.05) is 11.3 Å². The van der Waals surface area contributed by atoms with Gasteiger partial charge in [0.2, 0.25) is 0 Å². The highest BCUT2D eigenvalue weighted by molar-refractivity contribution is 7.11. The highest BCUT2D eigenvalue weighted by Crippen LogP contribution is 2.28. The summed E-state index contributed by atoms with van der Waals surface area (Å²) in [6, 6.07) is 4.47. The number of carbonyl (C=O) groups is 1. The molecule has 1 fully saturated rings. The summed E-state index contributed by atoms with van der Waals surface area (Å²) in [5.74, 6) is 0.149. The first-order valence-corrected chi connectivity index (χ1v) is 8.42. The fraction of sp³-hybridized carbons (Fsp3) is 0.688. The van der Waals surface area contributed by atoms with Gasteiger partial charge in [-0.15, -0.1) is 11.3 Å². The third-order valence-electron chi connectivity index (χ3n) is 4.29. The Morgan fingerprint density at radius 3 is 2.90 bits per heavy atom. The van der Waals surface area contributed by atoms with Crippen LogP contribution in [-0.2, 0) is 17.8 Å². The predicted molar refractivity (Wildman–Crippen MR) is 83.1 cm³/mol. The summed E-state index contributed by atoms with van der Waals surface area (Å²) >= 11 is 1.91. The van der Waals surface area contributed by atoms with Gasteiger partial charge in [-0.2, -0.15) is 0 Å². The molecule has 0 bridgehead atoms. The molecule has 0 spiro atoms. The van der Waals surface area contributed by atoms with Crippen molar-refractivity contribution in [3.63, 3.8) is 0 Å². The number of rotatable bonds is 6. The maximum absolute atomic E-state index is 10.8. The maximum Gasteiger partial charge on any atom is 0.303 e. The van der Waals surface area contributed by atoms with Crippen LogP contribution >= 0.6 is 11.3 Å². The minimum Gasteiger partial charge on any atom is -0.481 e. The highest BCUT2D eigenvalue weighted by atomic mass is 32.1. The molecule has 0 aromatic carbocycles. The average molecular weight is 295 g/mol. The van der Waals surface area contributed by atoms with Gasteiger partial charge in [0.25, 0.3) is 0 Å². The Labute approximate surface area is 125 Å². The van der Waals surface area contributed by atoms with Crippen LogP contribution in [0.5, 0.6) is 0 Å². The molecule has 3 nitrogen and oxygen atoms in total. The molecule has 0 saturated carbocycles. The minimum absolute atomic E-state index is 0.282. The van der Waals surface area contributed by atoms with Crippen molar-refractivity contribution in [2.45, 2.75) is 46.1 Å². The Balaban J connectivity index is 1.88. The van der Waals surface area contributed by atoms with Gasteiger partial charge in [0.1, 0.15) is 0 Å². The second-order valence-corrected chi connectivity index (χ2v) is 7.19. The van der Waals surface area contributed by atoms with E-state index in [9.17, 15) is 4.79 Å². The van der Waals surface area contributed by atoms with Crippen molar-refractivity contribution in [2.75, 3.05) is 13.1 Å². The predicted octanol–water partition coefficient (Wildman–Crippen LogP) is 3.63. The molecule has 112 valence electrons. The number of aliphatic carboxylic acids is 1. The summed E-state index contributed by atoms with van der Waals surface area (Å²) in [6.45, 7) is 7.51. The summed E-state index contributed by atoms with van der Waals surface area (Å²) in [4.78, 5) is 16.2. The van der Waals surface area contributed by atoms with E-state index in [4.69, 9.17) is 5.11 Å². The lowest BCUT2D eigenvalue weighted by Crippen LogP contribution is -2.37. The van der Waals surface area contributed by atoms with E-state index >= 15 is 0 Å². The summed E-state index contributed by atoms with van der Waals surface area (Å²) in [5.41, 5.74) is 0. The monoisotopic (exact) mass is 295 g/mol. The van der Waals surface area contributed by atoms with Gasteiger partial charge < -0.3 is 5.11 Å². The molecule has 2 heterocycles. The van der Waals surface area contributed by atoms with Crippen LogP contribution in [0.2, 0.25) is 0 Å². The molecular formula is C16H25NO2S. The van der Waals surface area contributed by atoms with Crippen LogP contribution in [0.15, 0.2) is 12.1 Å². The number of hydrogen-bond acceptors (Lipinski definition) is 3. The molecule has 0 radical (unpaired) electrons. The molecule has 1 aliphatic heterocycles. The lowest BCUT2D eigenvalue weighted by molar-refractivity contribution is -0.138. The van der Waals surface area contributed by atoms with Gasteiger partial charge >= 0.3 is 5.97 Å². The van der Waals surface area contributed by atoms with Crippen LogP contribution < -0.4 is 0 Å². The van der Waals surface area contributed by atoms with Crippen molar-refractivity contribution in [2.24, 2.45) is 11.8 Å². The zero-order chi connectivity index (χ0) is 14.5. The van der Waals surface area contributed by atoms with Crippen molar-refractivity contribution >= 4 is 17.3 Å². The average Bonchev–Trinajstić information content (AvgIpc) is 2.86. The fourth-order valence-corrected chi connectivity index (χ4v) is 4.06. The number of aryl methyl sites for hydroxylation is 1. The lowest BCUT2D eigenvalue weighted by atomic mass is 9.84. The van der Waals surface area contributed by atoms with Crippen LogP contribution in [-0.4, -0.2) is 29.1 Å². The van der Waals surface area contributed by atoms with E-state index in [0.29, 0.717) is 12.3 Å².